The largest absolute Gasteiger partial charge is 0.466 e. The van der Waals surface area contributed by atoms with Crippen molar-refractivity contribution in [2.24, 2.45) is 0 Å². The third kappa shape index (κ3) is 2.83. The molecular weight excluding hydrogens is 326 g/mol. The number of furan rings is 1. The normalized spacial score (nSPS) is 13.0. The highest BCUT2D eigenvalue weighted by atomic mass is 16.3. The molecule has 0 radical (unpaired) electrons. The molecule has 1 aromatic carbocycles. The van der Waals surface area contributed by atoms with Gasteiger partial charge in [0.25, 0.3) is 5.91 Å². The van der Waals surface area contributed by atoms with E-state index in [0.717, 1.165) is 53.2 Å². The van der Waals surface area contributed by atoms with Crippen LogP contribution in [0.1, 0.15) is 50.8 Å². The van der Waals surface area contributed by atoms with E-state index >= 15 is 0 Å². The second-order valence-corrected chi connectivity index (χ2v) is 6.95. The highest BCUT2D eigenvalue weighted by Gasteiger charge is 2.27. The van der Waals surface area contributed by atoms with Gasteiger partial charge in [-0.1, -0.05) is 18.2 Å². The van der Waals surface area contributed by atoms with Crippen molar-refractivity contribution in [3.05, 3.63) is 69.9 Å². The van der Waals surface area contributed by atoms with Crippen LogP contribution in [-0.2, 0) is 19.4 Å². The first-order chi connectivity index (χ1) is 12.5. The molecule has 1 aliphatic rings. The average Bonchev–Trinajstić information content (AvgIpc) is 3.28. The summed E-state index contributed by atoms with van der Waals surface area (Å²) in [5, 5.41) is 7.69. The van der Waals surface area contributed by atoms with Gasteiger partial charge in [0.15, 0.2) is 5.69 Å². The van der Waals surface area contributed by atoms with Gasteiger partial charge in [-0.3, -0.25) is 4.79 Å². The zero-order chi connectivity index (χ0) is 18.3. The van der Waals surface area contributed by atoms with E-state index in [1.807, 2.05) is 36.7 Å². The van der Waals surface area contributed by atoms with E-state index in [-0.39, 0.29) is 5.91 Å². The topological polar surface area (TPSA) is 60.1 Å². The van der Waals surface area contributed by atoms with Crippen molar-refractivity contribution in [1.29, 1.82) is 0 Å². The molecule has 3 aromatic rings. The van der Waals surface area contributed by atoms with Gasteiger partial charge in [0.2, 0.25) is 0 Å². The Morgan fingerprint density at radius 1 is 1.23 bits per heavy atom. The Labute approximate surface area is 153 Å². The lowest BCUT2D eigenvalue weighted by atomic mass is 10.1. The first-order valence-corrected chi connectivity index (χ1v) is 9.05. The number of amides is 1. The number of fused-ring (bicyclic) bond motifs is 1. The molecule has 0 aliphatic heterocycles. The second-order valence-electron chi connectivity index (χ2n) is 6.95. The van der Waals surface area contributed by atoms with Crippen LogP contribution in [0.5, 0.6) is 0 Å². The molecule has 5 nitrogen and oxygen atoms in total. The van der Waals surface area contributed by atoms with Crippen LogP contribution in [-0.4, -0.2) is 15.7 Å². The molecule has 0 spiro atoms. The number of benzene rings is 1. The second kappa shape index (κ2) is 6.48. The monoisotopic (exact) mass is 349 g/mol. The molecule has 134 valence electrons. The van der Waals surface area contributed by atoms with Crippen molar-refractivity contribution in [2.75, 3.05) is 0 Å². The highest BCUT2D eigenvalue weighted by Crippen LogP contribution is 2.29. The lowest BCUT2D eigenvalue weighted by molar-refractivity contribution is 0.0944. The SMILES string of the molecule is Cc1cc(CNC(=O)c2nn(-c3ccccc3C)c3c2CCC3)c(C)o1. The minimum atomic E-state index is -0.117. The number of carbonyl (C=O) groups is 1. The minimum Gasteiger partial charge on any atom is -0.466 e. The van der Waals surface area contributed by atoms with Crippen LogP contribution in [0.4, 0.5) is 0 Å². The maximum atomic E-state index is 12.8. The van der Waals surface area contributed by atoms with Gasteiger partial charge < -0.3 is 9.73 Å². The predicted octanol–water partition coefficient (Wildman–Crippen LogP) is 3.81. The Kier molecular flexibility index (Phi) is 4.15. The van der Waals surface area contributed by atoms with Gasteiger partial charge in [0.1, 0.15) is 11.5 Å². The Morgan fingerprint density at radius 3 is 2.77 bits per heavy atom. The number of aryl methyl sites for hydroxylation is 3. The fraction of sp³-hybridized carbons (Fsp3) is 0.333. The van der Waals surface area contributed by atoms with Gasteiger partial charge in [-0.25, -0.2) is 4.68 Å². The summed E-state index contributed by atoms with van der Waals surface area (Å²) in [6, 6.07) is 10.1. The van der Waals surface area contributed by atoms with Crippen molar-refractivity contribution >= 4 is 5.91 Å². The van der Waals surface area contributed by atoms with Crippen LogP contribution < -0.4 is 5.32 Å². The summed E-state index contributed by atoms with van der Waals surface area (Å²) in [6.45, 7) is 6.35. The molecule has 2 heterocycles. The van der Waals surface area contributed by atoms with Crippen LogP contribution in [0.25, 0.3) is 5.69 Å². The Bertz CT molecular complexity index is 981. The number of nitrogens with one attached hydrogen (secondary N) is 1. The summed E-state index contributed by atoms with van der Waals surface area (Å²) in [6.07, 6.45) is 2.94. The third-order valence-electron chi connectivity index (χ3n) is 5.07. The summed E-state index contributed by atoms with van der Waals surface area (Å²) in [4.78, 5) is 12.8. The highest BCUT2D eigenvalue weighted by molar-refractivity contribution is 5.94. The van der Waals surface area contributed by atoms with Gasteiger partial charge >= 0.3 is 0 Å². The van der Waals surface area contributed by atoms with Crippen LogP contribution in [0.3, 0.4) is 0 Å². The molecule has 26 heavy (non-hydrogen) atoms. The molecule has 0 fully saturated rings. The Hall–Kier alpha value is -2.82. The minimum absolute atomic E-state index is 0.117. The lowest BCUT2D eigenvalue weighted by Crippen LogP contribution is -2.24. The molecule has 1 aliphatic carbocycles. The first kappa shape index (κ1) is 16.6. The fourth-order valence-electron chi connectivity index (χ4n) is 3.74. The average molecular weight is 349 g/mol. The van der Waals surface area contributed by atoms with Crippen molar-refractivity contribution in [1.82, 2.24) is 15.1 Å². The molecule has 0 atom stereocenters. The third-order valence-corrected chi connectivity index (χ3v) is 5.07. The summed E-state index contributed by atoms with van der Waals surface area (Å²) >= 11 is 0. The van der Waals surface area contributed by atoms with E-state index < -0.39 is 0 Å². The molecule has 0 unspecified atom stereocenters. The van der Waals surface area contributed by atoms with Gasteiger partial charge in [-0.15, -0.1) is 0 Å². The lowest BCUT2D eigenvalue weighted by Gasteiger charge is -2.08. The maximum Gasteiger partial charge on any atom is 0.272 e. The van der Waals surface area contributed by atoms with Crippen LogP contribution in [0, 0.1) is 20.8 Å². The molecule has 2 aromatic heterocycles. The van der Waals surface area contributed by atoms with Gasteiger partial charge in [0.05, 0.1) is 5.69 Å². The Morgan fingerprint density at radius 2 is 2.04 bits per heavy atom. The quantitative estimate of drug-likeness (QED) is 0.779. The molecule has 1 N–H and O–H groups in total. The first-order valence-electron chi connectivity index (χ1n) is 9.05. The predicted molar refractivity (Wildman–Crippen MR) is 99.7 cm³/mol. The van der Waals surface area contributed by atoms with Gasteiger partial charge in [-0.2, -0.15) is 5.10 Å². The van der Waals surface area contributed by atoms with E-state index in [1.54, 1.807) is 0 Å². The van der Waals surface area contributed by atoms with Crippen molar-refractivity contribution < 1.29 is 9.21 Å². The van der Waals surface area contributed by atoms with E-state index in [0.29, 0.717) is 12.2 Å². The summed E-state index contributed by atoms with van der Waals surface area (Å²) in [5.41, 5.74) is 6.02. The maximum absolute atomic E-state index is 12.8. The molecule has 1 amide bonds. The summed E-state index contributed by atoms with van der Waals surface area (Å²) < 4.78 is 7.49. The molecule has 5 heteroatoms. The number of para-hydroxylation sites is 1. The molecular formula is C21H23N3O2. The van der Waals surface area contributed by atoms with Crippen molar-refractivity contribution in [2.45, 2.75) is 46.6 Å². The smallest absolute Gasteiger partial charge is 0.272 e. The number of hydrogen-bond acceptors (Lipinski definition) is 3. The fourth-order valence-corrected chi connectivity index (χ4v) is 3.74. The van der Waals surface area contributed by atoms with Crippen LogP contribution >= 0.6 is 0 Å². The number of carbonyl (C=O) groups excluding carboxylic acids is 1. The summed E-state index contributed by atoms with van der Waals surface area (Å²) in [5.74, 6) is 1.59. The Balaban J connectivity index is 1.63. The zero-order valence-electron chi connectivity index (χ0n) is 15.4. The van der Waals surface area contributed by atoms with Crippen molar-refractivity contribution in [3.8, 4) is 5.69 Å². The van der Waals surface area contributed by atoms with E-state index in [2.05, 4.69) is 29.5 Å². The summed E-state index contributed by atoms with van der Waals surface area (Å²) in [7, 11) is 0. The van der Waals surface area contributed by atoms with Crippen molar-refractivity contribution in [3.63, 3.8) is 0 Å². The van der Waals surface area contributed by atoms with E-state index in [9.17, 15) is 4.79 Å². The van der Waals surface area contributed by atoms with Gasteiger partial charge in [-0.05, 0) is 57.7 Å². The molecule has 0 saturated heterocycles. The standard InChI is InChI=1S/C21H23N3O2/c1-13-7-4-5-9-18(13)24-19-10-6-8-17(19)20(23-24)21(25)22-12-16-11-14(2)26-15(16)3/h4-5,7,9,11H,6,8,10,12H2,1-3H3,(H,22,25). The number of aromatic nitrogens is 2. The van der Waals surface area contributed by atoms with Gasteiger partial charge in [0, 0.05) is 23.4 Å². The molecule has 4 rings (SSSR count). The van der Waals surface area contributed by atoms with Crippen LogP contribution in [0.15, 0.2) is 34.7 Å². The van der Waals surface area contributed by atoms with Crippen LogP contribution in [0.2, 0.25) is 0 Å². The number of hydrogen-bond donors (Lipinski definition) is 1. The molecule has 0 saturated carbocycles. The zero-order valence-corrected chi connectivity index (χ0v) is 15.4. The molecule has 0 bridgehead atoms. The number of nitrogens with zero attached hydrogens (tertiary/aromatic N) is 2. The van der Waals surface area contributed by atoms with E-state index in [4.69, 9.17) is 4.42 Å². The van der Waals surface area contributed by atoms with E-state index in [1.165, 1.54) is 5.69 Å². The number of rotatable bonds is 4.